The second-order valence-corrected chi connectivity index (χ2v) is 3.58. The van der Waals surface area contributed by atoms with E-state index in [-0.39, 0.29) is 0 Å². The number of pyridine rings is 1. The molecule has 0 fully saturated rings. The molecular formula is C12H20N2O. The van der Waals surface area contributed by atoms with Crippen molar-refractivity contribution >= 4 is 0 Å². The molecule has 1 heterocycles. The highest BCUT2D eigenvalue weighted by atomic mass is 16.5. The van der Waals surface area contributed by atoms with Crippen LogP contribution in [-0.4, -0.2) is 30.8 Å². The molecule has 1 N–H and O–H groups in total. The van der Waals surface area contributed by atoms with Gasteiger partial charge in [0.05, 0.1) is 6.10 Å². The minimum Gasteiger partial charge on any atom is -0.377 e. The maximum Gasteiger partial charge on any atom is 0.0671 e. The first-order valence-corrected chi connectivity index (χ1v) is 5.54. The number of rotatable bonds is 7. The Balaban J connectivity index is 2.07. The molecule has 3 heteroatoms. The Hall–Kier alpha value is -0.930. The van der Waals surface area contributed by atoms with Crippen LogP contribution in [0, 0.1) is 0 Å². The molecule has 1 aromatic heterocycles. The summed E-state index contributed by atoms with van der Waals surface area (Å²) in [5, 5.41) is 3.37. The van der Waals surface area contributed by atoms with E-state index >= 15 is 0 Å². The van der Waals surface area contributed by atoms with E-state index in [9.17, 15) is 0 Å². The molecule has 0 aliphatic heterocycles. The Kier molecular flexibility index (Phi) is 5.97. The number of ether oxygens (including phenoxy) is 1. The summed E-state index contributed by atoms with van der Waals surface area (Å²) in [5.41, 5.74) is 1.27. The fraction of sp³-hybridized carbons (Fsp3) is 0.583. The largest absolute Gasteiger partial charge is 0.377 e. The Morgan fingerprint density at radius 3 is 3.07 bits per heavy atom. The van der Waals surface area contributed by atoms with Crippen LogP contribution >= 0.6 is 0 Å². The fourth-order valence-corrected chi connectivity index (χ4v) is 1.43. The predicted octanol–water partition coefficient (Wildman–Crippen LogP) is 1.64. The second kappa shape index (κ2) is 7.37. The Bertz CT molecular complexity index is 251. The van der Waals surface area contributed by atoms with E-state index in [0.29, 0.717) is 6.10 Å². The molecule has 0 radical (unpaired) electrons. The minimum atomic E-state index is 0.295. The van der Waals surface area contributed by atoms with Crippen LogP contribution in [0.3, 0.4) is 0 Å². The first-order chi connectivity index (χ1) is 7.33. The summed E-state index contributed by atoms with van der Waals surface area (Å²) < 4.78 is 5.42. The molecular weight excluding hydrogens is 188 g/mol. The van der Waals surface area contributed by atoms with Crippen molar-refractivity contribution in [1.29, 1.82) is 0 Å². The van der Waals surface area contributed by atoms with Crippen molar-refractivity contribution in [1.82, 2.24) is 10.3 Å². The van der Waals surface area contributed by atoms with E-state index in [2.05, 4.69) is 23.3 Å². The van der Waals surface area contributed by atoms with Gasteiger partial charge in [-0.25, -0.2) is 0 Å². The van der Waals surface area contributed by atoms with Crippen LogP contribution in [0.25, 0.3) is 0 Å². The first kappa shape index (κ1) is 12.1. The first-order valence-electron chi connectivity index (χ1n) is 5.54. The molecule has 0 aliphatic rings. The van der Waals surface area contributed by atoms with E-state index < -0.39 is 0 Å². The van der Waals surface area contributed by atoms with Gasteiger partial charge in [0, 0.05) is 25.5 Å². The highest BCUT2D eigenvalue weighted by molar-refractivity contribution is 5.08. The molecule has 3 nitrogen and oxygen atoms in total. The van der Waals surface area contributed by atoms with Crippen LogP contribution in [0.1, 0.15) is 19.4 Å². The zero-order valence-electron chi connectivity index (χ0n) is 9.57. The van der Waals surface area contributed by atoms with E-state index in [1.165, 1.54) is 5.56 Å². The molecule has 1 rings (SSSR count). The van der Waals surface area contributed by atoms with E-state index in [1.54, 1.807) is 6.20 Å². The molecule has 0 bridgehead atoms. The molecule has 1 aromatic rings. The van der Waals surface area contributed by atoms with Gasteiger partial charge >= 0.3 is 0 Å². The highest BCUT2D eigenvalue weighted by Gasteiger charge is 1.99. The molecule has 0 aliphatic carbocycles. The van der Waals surface area contributed by atoms with Gasteiger partial charge in [-0.3, -0.25) is 4.98 Å². The Morgan fingerprint density at radius 2 is 2.40 bits per heavy atom. The van der Waals surface area contributed by atoms with E-state index in [1.807, 2.05) is 19.2 Å². The maximum absolute atomic E-state index is 5.42. The van der Waals surface area contributed by atoms with Gasteiger partial charge in [0.15, 0.2) is 0 Å². The van der Waals surface area contributed by atoms with Gasteiger partial charge in [-0.15, -0.1) is 0 Å². The minimum absolute atomic E-state index is 0.295. The number of nitrogens with zero attached hydrogens (tertiary/aromatic N) is 1. The number of nitrogens with one attached hydrogen (secondary N) is 1. The zero-order valence-corrected chi connectivity index (χ0v) is 9.57. The average molecular weight is 208 g/mol. The highest BCUT2D eigenvalue weighted by Crippen LogP contribution is 1.95. The van der Waals surface area contributed by atoms with Crippen LogP contribution in [-0.2, 0) is 11.2 Å². The Morgan fingerprint density at radius 1 is 1.53 bits per heavy atom. The van der Waals surface area contributed by atoms with Gasteiger partial charge in [0.25, 0.3) is 0 Å². The number of hydrogen-bond donors (Lipinski definition) is 1. The van der Waals surface area contributed by atoms with Gasteiger partial charge in [-0.05, 0) is 38.4 Å². The van der Waals surface area contributed by atoms with Crippen LogP contribution in [0.5, 0.6) is 0 Å². The summed E-state index contributed by atoms with van der Waals surface area (Å²) >= 11 is 0. The lowest BCUT2D eigenvalue weighted by molar-refractivity contribution is 0.0763. The summed E-state index contributed by atoms with van der Waals surface area (Å²) in [6.45, 7) is 6.77. The Labute approximate surface area is 91.9 Å². The molecule has 1 unspecified atom stereocenters. The molecule has 84 valence electrons. The predicted molar refractivity (Wildman–Crippen MR) is 61.9 cm³/mol. The fourth-order valence-electron chi connectivity index (χ4n) is 1.43. The third-order valence-electron chi connectivity index (χ3n) is 2.20. The average Bonchev–Trinajstić information content (AvgIpc) is 2.26. The van der Waals surface area contributed by atoms with E-state index in [4.69, 9.17) is 4.74 Å². The van der Waals surface area contributed by atoms with Crippen molar-refractivity contribution in [3.63, 3.8) is 0 Å². The quantitative estimate of drug-likeness (QED) is 0.692. The SMILES string of the molecule is CCOC(C)CNCCc1cccnc1. The van der Waals surface area contributed by atoms with Crippen molar-refractivity contribution in [3.8, 4) is 0 Å². The van der Waals surface area contributed by atoms with Crippen LogP contribution < -0.4 is 5.32 Å². The molecule has 0 saturated heterocycles. The number of hydrogen-bond acceptors (Lipinski definition) is 3. The maximum atomic E-state index is 5.42. The molecule has 0 amide bonds. The summed E-state index contributed by atoms with van der Waals surface area (Å²) in [4.78, 5) is 4.08. The molecule has 15 heavy (non-hydrogen) atoms. The topological polar surface area (TPSA) is 34.1 Å². The molecule has 0 spiro atoms. The normalized spacial score (nSPS) is 12.7. The van der Waals surface area contributed by atoms with Gasteiger partial charge in [-0.2, -0.15) is 0 Å². The van der Waals surface area contributed by atoms with Gasteiger partial charge in [0.2, 0.25) is 0 Å². The lowest BCUT2D eigenvalue weighted by Gasteiger charge is -2.12. The van der Waals surface area contributed by atoms with Crippen molar-refractivity contribution in [2.75, 3.05) is 19.7 Å². The van der Waals surface area contributed by atoms with E-state index in [0.717, 1.165) is 26.1 Å². The summed E-state index contributed by atoms with van der Waals surface area (Å²) in [6, 6.07) is 4.07. The smallest absolute Gasteiger partial charge is 0.0671 e. The second-order valence-electron chi connectivity index (χ2n) is 3.58. The van der Waals surface area contributed by atoms with Crippen molar-refractivity contribution in [2.45, 2.75) is 26.4 Å². The monoisotopic (exact) mass is 208 g/mol. The van der Waals surface area contributed by atoms with Crippen LogP contribution in [0.4, 0.5) is 0 Å². The van der Waals surface area contributed by atoms with Crippen molar-refractivity contribution in [2.24, 2.45) is 0 Å². The third kappa shape index (κ3) is 5.50. The molecule has 0 saturated carbocycles. The zero-order chi connectivity index (χ0) is 10.9. The van der Waals surface area contributed by atoms with Crippen LogP contribution in [0.2, 0.25) is 0 Å². The summed E-state index contributed by atoms with van der Waals surface area (Å²) in [6.07, 6.45) is 5.03. The summed E-state index contributed by atoms with van der Waals surface area (Å²) in [5.74, 6) is 0. The number of aromatic nitrogens is 1. The van der Waals surface area contributed by atoms with Gasteiger partial charge in [0.1, 0.15) is 0 Å². The van der Waals surface area contributed by atoms with Crippen molar-refractivity contribution < 1.29 is 4.74 Å². The van der Waals surface area contributed by atoms with Gasteiger partial charge < -0.3 is 10.1 Å². The standard InChI is InChI=1S/C12H20N2O/c1-3-15-11(2)9-14-8-6-12-5-4-7-13-10-12/h4-5,7,10-11,14H,3,6,8-9H2,1-2H3. The molecule has 0 aromatic carbocycles. The van der Waals surface area contributed by atoms with Crippen LogP contribution in [0.15, 0.2) is 24.5 Å². The lowest BCUT2D eigenvalue weighted by atomic mass is 10.2. The third-order valence-corrected chi connectivity index (χ3v) is 2.20. The lowest BCUT2D eigenvalue weighted by Crippen LogP contribution is -2.28. The van der Waals surface area contributed by atoms with Crippen molar-refractivity contribution in [3.05, 3.63) is 30.1 Å². The molecule has 1 atom stereocenters. The van der Waals surface area contributed by atoms with Gasteiger partial charge in [-0.1, -0.05) is 6.07 Å². The summed E-state index contributed by atoms with van der Waals surface area (Å²) in [7, 11) is 0.